The summed E-state index contributed by atoms with van der Waals surface area (Å²) in [5, 5.41) is 0. The van der Waals surface area contributed by atoms with Crippen LogP contribution in [0.2, 0.25) is 0 Å². The maximum Gasteiger partial charge on any atom is 0.115 e. The zero-order chi connectivity index (χ0) is 10.5. The second-order valence-electron chi connectivity index (χ2n) is 3.69. The highest BCUT2D eigenvalue weighted by Gasteiger charge is 1.95. The largest absolute Gasteiger partial charge is 0.245 e. The van der Waals surface area contributed by atoms with Gasteiger partial charge in [-0.3, -0.25) is 0 Å². The van der Waals surface area contributed by atoms with E-state index < -0.39 is 0 Å². The Kier molecular flexibility index (Phi) is 3.08. The van der Waals surface area contributed by atoms with Gasteiger partial charge in [0, 0.05) is 11.9 Å². The first kappa shape index (κ1) is 9.84. The molecule has 0 bridgehead atoms. The van der Waals surface area contributed by atoms with Crippen molar-refractivity contribution in [2.24, 2.45) is 0 Å². The molecule has 1 aromatic heterocycles. The molecular formula is C13H14N2. The van der Waals surface area contributed by atoms with Gasteiger partial charge in [-0.25, -0.2) is 9.97 Å². The van der Waals surface area contributed by atoms with Gasteiger partial charge in [0.15, 0.2) is 0 Å². The fourth-order valence-corrected chi connectivity index (χ4v) is 1.49. The van der Waals surface area contributed by atoms with E-state index in [-0.39, 0.29) is 0 Å². The average molecular weight is 198 g/mol. The second-order valence-corrected chi connectivity index (χ2v) is 3.69. The Morgan fingerprint density at radius 1 is 1.00 bits per heavy atom. The topological polar surface area (TPSA) is 25.8 Å². The number of hydrogen-bond acceptors (Lipinski definition) is 2. The Bertz CT molecular complexity index is 406. The van der Waals surface area contributed by atoms with Crippen LogP contribution in [-0.2, 0) is 12.8 Å². The van der Waals surface area contributed by atoms with Crippen LogP contribution in [0.1, 0.15) is 16.8 Å². The zero-order valence-corrected chi connectivity index (χ0v) is 8.85. The summed E-state index contributed by atoms with van der Waals surface area (Å²) in [5.74, 6) is 0. The van der Waals surface area contributed by atoms with E-state index in [2.05, 4.69) is 41.2 Å². The van der Waals surface area contributed by atoms with Crippen LogP contribution in [0.5, 0.6) is 0 Å². The molecule has 0 spiro atoms. The molecule has 0 aliphatic heterocycles. The van der Waals surface area contributed by atoms with Crippen LogP contribution in [0.3, 0.4) is 0 Å². The summed E-state index contributed by atoms with van der Waals surface area (Å²) < 4.78 is 0. The van der Waals surface area contributed by atoms with Gasteiger partial charge in [-0.2, -0.15) is 0 Å². The number of hydrogen-bond donors (Lipinski definition) is 0. The van der Waals surface area contributed by atoms with E-state index in [1.165, 1.54) is 11.1 Å². The van der Waals surface area contributed by atoms with E-state index in [0.717, 1.165) is 18.5 Å². The third-order valence-corrected chi connectivity index (χ3v) is 2.43. The zero-order valence-electron chi connectivity index (χ0n) is 8.85. The van der Waals surface area contributed by atoms with E-state index in [0.29, 0.717) is 0 Å². The average Bonchev–Trinajstić information content (AvgIpc) is 2.30. The van der Waals surface area contributed by atoms with Crippen molar-refractivity contribution in [1.29, 1.82) is 0 Å². The summed E-state index contributed by atoms with van der Waals surface area (Å²) in [6.07, 6.45) is 5.41. The second kappa shape index (κ2) is 4.69. The third kappa shape index (κ3) is 2.88. The van der Waals surface area contributed by atoms with Crippen molar-refractivity contribution in [2.45, 2.75) is 19.8 Å². The number of benzene rings is 1. The van der Waals surface area contributed by atoms with Crippen molar-refractivity contribution >= 4 is 0 Å². The SMILES string of the molecule is Cc1ccc(CCc2ccncn2)cc1. The van der Waals surface area contributed by atoms with Gasteiger partial charge in [0.25, 0.3) is 0 Å². The Morgan fingerprint density at radius 3 is 2.47 bits per heavy atom. The maximum atomic E-state index is 4.20. The van der Waals surface area contributed by atoms with Crippen molar-refractivity contribution in [3.63, 3.8) is 0 Å². The summed E-state index contributed by atoms with van der Waals surface area (Å²) in [7, 11) is 0. The molecule has 2 aromatic rings. The Morgan fingerprint density at radius 2 is 1.80 bits per heavy atom. The van der Waals surface area contributed by atoms with Crippen LogP contribution in [-0.4, -0.2) is 9.97 Å². The lowest BCUT2D eigenvalue weighted by atomic mass is 10.1. The monoisotopic (exact) mass is 198 g/mol. The standard InChI is InChI=1S/C13H14N2/c1-11-2-4-12(5-3-11)6-7-13-8-9-14-10-15-13/h2-5,8-10H,6-7H2,1H3. The molecule has 0 aliphatic carbocycles. The normalized spacial score (nSPS) is 10.2. The van der Waals surface area contributed by atoms with E-state index in [1.54, 1.807) is 12.5 Å². The van der Waals surface area contributed by atoms with Crippen LogP contribution in [0, 0.1) is 6.92 Å². The number of aromatic nitrogens is 2. The van der Waals surface area contributed by atoms with Crippen LogP contribution >= 0.6 is 0 Å². The molecule has 0 saturated carbocycles. The molecule has 0 N–H and O–H groups in total. The van der Waals surface area contributed by atoms with Gasteiger partial charge in [0.05, 0.1) is 0 Å². The number of rotatable bonds is 3. The van der Waals surface area contributed by atoms with E-state index in [1.807, 2.05) is 6.07 Å². The van der Waals surface area contributed by atoms with Crippen LogP contribution < -0.4 is 0 Å². The minimum absolute atomic E-state index is 0.978. The number of aryl methyl sites for hydroxylation is 3. The molecule has 2 heteroatoms. The minimum atomic E-state index is 0.978. The third-order valence-electron chi connectivity index (χ3n) is 2.43. The maximum absolute atomic E-state index is 4.20. The van der Waals surface area contributed by atoms with Gasteiger partial charge < -0.3 is 0 Å². The molecule has 1 heterocycles. The van der Waals surface area contributed by atoms with E-state index in [4.69, 9.17) is 0 Å². The highest BCUT2D eigenvalue weighted by atomic mass is 14.8. The van der Waals surface area contributed by atoms with Crippen LogP contribution in [0.4, 0.5) is 0 Å². The number of nitrogens with zero attached hydrogens (tertiary/aromatic N) is 2. The van der Waals surface area contributed by atoms with Gasteiger partial charge >= 0.3 is 0 Å². The smallest absolute Gasteiger partial charge is 0.115 e. The van der Waals surface area contributed by atoms with Gasteiger partial charge in [0.1, 0.15) is 6.33 Å². The van der Waals surface area contributed by atoms with Gasteiger partial charge in [-0.15, -0.1) is 0 Å². The summed E-state index contributed by atoms with van der Waals surface area (Å²) in [5.41, 5.74) is 3.77. The van der Waals surface area contributed by atoms with Crippen molar-refractivity contribution in [3.8, 4) is 0 Å². The lowest BCUT2D eigenvalue weighted by molar-refractivity contribution is 0.900. The fourth-order valence-electron chi connectivity index (χ4n) is 1.49. The molecule has 0 amide bonds. The van der Waals surface area contributed by atoms with Crippen LogP contribution in [0.25, 0.3) is 0 Å². The lowest BCUT2D eigenvalue weighted by Crippen LogP contribution is -1.94. The molecule has 76 valence electrons. The molecule has 0 fully saturated rings. The summed E-state index contributed by atoms with van der Waals surface area (Å²) in [6, 6.07) is 10.6. The molecule has 2 nitrogen and oxygen atoms in total. The summed E-state index contributed by atoms with van der Waals surface area (Å²) in [4.78, 5) is 8.10. The predicted octanol–water partition coefficient (Wildman–Crippen LogP) is 2.57. The van der Waals surface area contributed by atoms with Gasteiger partial charge in [-0.1, -0.05) is 29.8 Å². The molecular weight excluding hydrogens is 184 g/mol. The molecule has 2 rings (SSSR count). The van der Waals surface area contributed by atoms with E-state index in [9.17, 15) is 0 Å². The quantitative estimate of drug-likeness (QED) is 0.757. The fraction of sp³-hybridized carbons (Fsp3) is 0.231. The van der Waals surface area contributed by atoms with Crippen molar-refractivity contribution in [2.75, 3.05) is 0 Å². The summed E-state index contributed by atoms with van der Waals surface area (Å²) in [6.45, 7) is 2.11. The van der Waals surface area contributed by atoms with Crippen molar-refractivity contribution in [3.05, 3.63) is 59.7 Å². The first-order chi connectivity index (χ1) is 7.34. The summed E-state index contributed by atoms with van der Waals surface area (Å²) >= 11 is 0. The molecule has 1 aromatic carbocycles. The Balaban J connectivity index is 1.96. The van der Waals surface area contributed by atoms with Crippen molar-refractivity contribution < 1.29 is 0 Å². The first-order valence-corrected chi connectivity index (χ1v) is 5.15. The molecule has 0 unspecified atom stereocenters. The lowest BCUT2D eigenvalue weighted by Gasteiger charge is -2.01. The molecule has 0 saturated heterocycles. The van der Waals surface area contributed by atoms with Crippen LogP contribution in [0.15, 0.2) is 42.9 Å². The van der Waals surface area contributed by atoms with Crippen molar-refractivity contribution in [1.82, 2.24) is 9.97 Å². The molecule has 0 aliphatic rings. The Hall–Kier alpha value is -1.70. The molecule has 0 radical (unpaired) electrons. The minimum Gasteiger partial charge on any atom is -0.245 e. The van der Waals surface area contributed by atoms with Gasteiger partial charge in [0.2, 0.25) is 0 Å². The molecule has 0 atom stereocenters. The first-order valence-electron chi connectivity index (χ1n) is 5.15. The highest BCUT2D eigenvalue weighted by Crippen LogP contribution is 2.06. The predicted molar refractivity (Wildman–Crippen MR) is 60.6 cm³/mol. The highest BCUT2D eigenvalue weighted by molar-refractivity contribution is 5.22. The van der Waals surface area contributed by atoms with E-state index >= 15 is 0 Å². The Labute approximate surface area is 90.0 Å². The van der Waals surface area contributed by atoms with Gasteiger partial charge in [-0.05, 0) is 31.4 Å². The molecule has 15 heavy (non-hydrogen) atoms.